The molecule has 0 bridgehead atoms. The monoisotopic (exact) mass is 555 g/mol. The van der Waals surface area contributed by atoms with E-state index in [9.17, 15) is 4.79 Å². The van der Waals surface area contributed by atoms with Crippen LogP contribution in [0.1, 0.15) is 18.3 Å². The van der Waals surface area contributed by atoms with Gasteiger partial charge in [-0.3, -0.25) is 9.36 Å². The molecule has 4 aromatic rings. The van der Waals surface area contributed by atoms with Crippen LogP contribution < -0.4 is 14.8 Å². The molecule has 0 spiro atoms. The predicted molar refractivity (Wildman–Crippen MR) is 149 cm³/mol. The maximum Gasteiger partial charge on any atom is 0.236 e. The van der Waals surface area contributed by atoms with Gasteiger partial charge in [-0.25, -0.2) is 4.98 Å². The number of amides is 1. The molecule has 0 fully saturated rings. The number of benzene rings is 2. The largest absolute Gasteiger partial charge is 0.490 e. The number of hydrogen-bond acceptors (Lipinski definition) is 8. The van der Waals surface area contributed by atoms with E-state index in [0.29, 0.717) is 45.8 Å². The maximum absolute atomic E-state index is 12.6. The molecular weight excluding hydrogens is 530 g/mol. The van der Waals surface area contributed by atoms with Crippen LogP contribution in [0, 0.1) is 6.92 Å². The summed E-state index contributed by atoms with van der Waals surface area (Å²) < 4.78 is 13.6. The van der Waals surface area contributed by atoms with Crippen LogP contribution in [0.5, 0.6) is 11.5 Å². The Morgan fingerprint density at radius 1 is 1.19 bits per heavy atom. The number of nitrogens with one attached hydrogen (secondary N) is 1. The fourth-order valence-corrected chi connectivity index (χ4v) is 4.99. The molecule has 0 atom stereocenters. The van der Waals surface area contributed by atoms with Gasteiger partial charge in [-0.2, -0.15) is 0 Å². The van der Waals surface area contributed by atoms with Gasteiger partial charge in [-0.1, -0.05) is 47.6 Å². The number of thioether (sulfide) groups is 1. The summed E-state index contributed by atoms with van der Waals surface area (Å²) in [6, 6.07) is 13.2. The Kier molecular flexibility index (Phi) is 9.21. The van der Waals surface area contributed by atoms with E-state index < -0.39 is 0 Å². The predicted octanol–water partition coefficient (Wildman–Crippen LogP) is 6.26. The summed E-state index contributed by atoms with van der Waals surface area (Å²) in [7, 11) is 0. The van der Waals surface area contributed by atoms with Gasteiger partial charge in [0, 0.05) is 22.5 Å². The van der Waals surface area contributed by atoms with Crippen LogP contribution in [0.15, 0.2) is 65.7 Å². The highest BCUT2D eigenvalue weighted by Crippen LogP contribution is 2.30. The molecule has 0 saturated carbocycles. The smallest absolute Gasteiger partial charge is 0.236 e. The van der Waals surface area contributed by atoms with E-state index in [1.807, 2.05) is 66.3 Å². The van der Waals surface area contributed by atoms with Crippen molar-refractivity contribution in [1.29, 1.82) is 0 Å². The number of thiazole rings is 1. The van der Waals surface area contributed by atoms with Crippen LogP contribution in [0.3, 0.4) is 0 Å². The van der Waals surface area contributed by atoms with E-state index in [1.54, 1.807) is 6.08 Å². The molecule has 37 heavy (non-hydrogen) atoms. The van der Waals surface area contributed by atoms with E-state index in [-0.39, 0.29) is 18.3 Å². The fourth-order valence-electron chi connectivity index (χ4n) is 3.36. The number of ether oxygens (including phenoxy) is 2. The van der Waals surface area contributed by atoms with E-state index >= 15 is 0 Å². The summed E-state index contributed by atoms with van der Waals surface area (Å²) in [5.41, 5.74) is 2.80. The molecule has 4 rings (SSSR count). The van der Waals surface area contributed by atoms with E-state index in [2.05, 4.69) is 27.1 Å². The minimum atomic E-state index is -0.186. The summed E-state index contributed by atoms with van der Waals surface area (Å²) in [6.45, 7) is 8.98. The standard InChI is InChI=1S/C26H26ClN5O3S2/c1-4-12-32-23(14-35-21-11-6-17(3)13-22(21)34-5-2)30-31-26(32)37-16-24(33)29-25-28-20(15-36-25)18-7-9-19(27)10-8-18/h4,6-11,13,15H,1,5,12,14,16H2,2-3H3,(H,28,29,33). The first-order chi connectivity index (χ1) is 18.0. The van der Waals surface area contributed by atoms with Gasteiger partial charge in [0.25, 0.3) is 0 Å². The first-order valence-electron chi connectivity index (χ1n) is 11.5. The van der Waals surface area contributed by atoms with Gasteiger partial charge in [0.1, 0.15) is 6.61 Å². The van der Waals surface area contributed by atoms with Crippen molar-refractivity contribution in [2.24, 2.45) is 0 Å². The SMILES string of the molecule is C=CCn1c(COc2ccc(C)cc2OCC)nnc1SCC(=O)Nc1nc(-c2ccc(Cl)cc2)cs1. The van der Waals surface area contributed by atoms with Crippen molar-refractivity contribution < 1.29 is 14.3 Å². The lowest BCUT2D eigenvalue weighted by molar-refractivity contribution is -0.113. The molecule has 1 amide bonds. The van der Waals surface area contributed by atoms with Crippen LogP contribution in [-0.4, -0.2) is 38.0 Å². The van der Waals surface area contributed by atoms with Crippen LogP contribution in [0.2, 0.25) is 5.02 Å². The minimum absolute atomic E-state index is 0.151. The number of carbonyl (C=O) groups is 1. The molecule has 1 N–H and O–H groups in total. The lowest BCUT2D eigenvalue weighted by Gasteiger charge is -2.13. The summed E-state index contributed by atoms with van der Waals surface area (Å²) in [5, 5.41) is 15.1. The number of nitrogens with zero attached hydrogens (tertiary/aromatic N) is 4. The second-order valence-corrected chi connectivity index (χ2v) is 10.1. The fraction of sp³-hybridized carbons (Fsp3) is 0.231. The number of allylic oxidation sites excluding steroid dienone is 1. The third-order valence-corrected chi connectivity index (χ3v) is 7.06. The molecule has 11 heteroatoms. The second-order valence-electron chi connectivity index (χ2n) is 7.85. The summed E-state index contributed by atoms with van der Waals surface area (Å²) in [6.07, 6.45) is 1.75. The van der Waals surface area contributed by atoms with Gasteiger partial charge >= 0.3 is 0 Å². The van der Waals surface area contributed by atoms with Crippen molar-refractivity contribution in [1.82, 2.24) is 19.7 Å². The summed E-state index contributed by atoms with van der Waals surface area (Å²) in [5.74, 6) is 1.91. The van der Waals surface area contributed by atoms with Crippen LogP contribution in [0.4, 0.5) is 5.13 Å². The average molecular weight is 556 g/mol. The molecule has 0 aliphatic heterocycles. The Balaban J connectivity index is 1.36. The molecule has 2 heterocycles. The quantitative estimate of drug-likeness (QED) is 0.163. The average Bonchev–Trinajstić information content (AvgIpc) is 3.50. The van der Waals surface area contributed by atoms with Crippen molar-refractivity contribution in [3.8, 4) is 22.8 Å². The molecule has 2 aromatic heterocycles. The third-order valence-electron chi connectivity index (χ3n) is 5.08. The number of rotatable bonds is 12. The van der Waals surface area contributed by atoms with E-state index in [4.69, 9.17) is 21.1 Å². The Hall–Kier alpha value is -3.34. The number of hydrogen-bond donors (Lipinski definition) is 1. The van der Waals surface area contributed by atoms with Crippen molar-refractivity contribution in [2.45, 2.75) is 32.2 Å². The first-order valence-corrected chi connectivity index (χ1v) is 13.7. The van der Waals surface area contributed by atoms with Crippen molar-refractivity contribution in [2.75, 3.05) is 17.7 Å². The van der Waals surface area contributed by atoms with Gasteiger partial charge in [0.15, 0.2) is 27.6 Å². The molecule has 0 radical (unpaired) electrons. The normalized spacial score (nSPS) is 10.8. The zero-order chi connectivity index (χ0) is 26.2. The van der Waals surface area contributed by atoms with Gasteiger partial charge in [-0.05, 0) is 43.7 Å². The number of carbonyl (C=O) groups excluding carboxylic acids is 1. The molecule has 0 unspecified atom stereocenters. The Morgan fingerprint density at radius 3 is 2.76 bits per heavy atom. The summed E-state index contributed by atoms with van der Waals surface area (Å²) >= 11 is 8.61. The van der Waals surface area contributed by atoms with Crippen LogP contribution >= 0.6 is 34.7 Å². The van der Waals surface area contributed by atoms with Gasteiger partial charge in [0.05, 0.1) is 18.1 Å². The van der Waals surface area contributed by atoms with Crippen molar-refractivity contribution in [3.63, 3.8) is 0 Å². The zero-order valence-electron chi connectivity index (χ0n) is 20.4. The molecule has 2 aromatic carbocycles. The third kappa shape index (κ3) is 7.12. The number of aromatic nitrogens is 4. The lowest BCUT2D eigenvalue weighted by Crippen LogP contribution is -2.15. The van der Waals surface area contributed by atoms with Gasteiger partial charge in [-0.15, -0.1) is 28.1 Å². The van der Waals surface area contributed by atoms with Gasteiger partial charge in [0.2, 0.25) is 5.91 Å². The minimum Gasteiger partial charge on any atom is -0.490 e. The van der Waals surface area contributed by atoms with E-state index in [1.165, 1.54) is 23.1 Å². The number of anilines is 1. The van der Waals surface area contributed by atoms with Gasteiger partial charge < -0.3 is 14.8 Å². The topological polar surface area (TPSA) is 91.2 Å². The molecule has 192 valence electrons. The molecule has 0 aliphatic rings. The molecule has 0 aliphatic carbocycles. The Bertz CT molecular complexity index is 1370. The highest BCUT2D eigenvalue weighted by Gasteiger charge is 2.16. The highest BCUT2D eigenvalue weighted by molar-refractivity contribution is 7.99. The maximum atomic E-state index is 12.6. The van der Waals surface area contributed by atoms with Crippen LogP contribution in [-0.2, 0) is 17.9 Å². The molecular formula is C26H26ClN5O3S2. The second kappa shape index (κ2) is 12.8. The Morgan fingerprint density at radius 2 is 2.00 bits per heavy atom. The zero-order valence-corrected chi connectivity index (χ0v) is 22.8. The lowest BCUT2D eigenvalue weighted by atomic mass is 10.2. The number of halogens is 1. The van der Waals surface area contributed by atoms with Crippen molar-refractivity contribution in [3.05, 3.63) is 76.9 Å². The van der Waals surface area contributed by atoms with Crippen molar-refractivity contribution >= 4 is 45.7 Å². The first kappa shape index (κ1) is 26.7. The Labute approximate surface area is 228 Å². The molecule has 0 saturated heterocycles. The summed E-state index contributed by atoms with van der Waals surface area (Å²) in [4.78, 5) is 17.1. The highest BCUT2D eigenvalue weighted by atomic mass is 35.5. The van der Waals surface area contributed by atoms with E-state index in [0.717, 1.165) is 16.8 Å². The number of aryl methyl sites for hydroxylation is 1. The van der Waals surface area contributed by atoms with Crippen LogP contribution in [0.25, 0.3) is 11.3 Å². The molecule has 8 nitrogen and oxygen atoms in total.